The van der Waals surface area contributed by atoms with Crippen LogP contribution in [0.1, 0.15) is 43.5 Å². The van der Waals surface area contributed by atoms with E-state index in [2.05, 4.69) is 74.7 Å². The molecule has 46 heavy (non-hydrogen) atoms. The molecule has 13 heteroatoms. The second-order valence-electron chi connectivity index (χ2n) is 12.5. The molecule has 5 aromatic rings. The van der Waals surface area contributed by atoms with Crippen LogP contribution in [0, 0.1) is 0 Å². The zero-order valence-electron chi connectivity index (χ0n) is 25.9. The van der Waals surface area contributed by atoms with E-state index in [1.165, 1.54) is 11.1 Å². The van der Waals surface area contributed by atoms with E-state index in [0.29, 0.717) is 36.0 Å². The zero-order valence-corrected chi connectivity index (χ0v) is 25.9. The second kappa shape index (κ2) is 12.1. The summed E-state index contributed by atoms with van der Waals surface area (Å²) in [5.41, 5.74) is 3.75. The van der Waals surface area contributed by atoms with Gasteiger partial charge in [-0.1, -0.05) is 60.7 Å². The smallest absolute Gasteiger partial charge is 0.227 e. The quantitative estimate of drug-likeness (QED) is 0.211. The third-order valence-electron chi connectivity index (χ3n) is 8.90. The number of benzene rings is 2. The molecular weight excluding hydrogens is 584 g/mol. The minimum Gasteiger partial charge on any atom is -0.367 e. The van der Waals surface area contributed by atoms with Gasteiger partial charge in [-0.2, -0.15) is 25.0 Å². The van der Waals surface area contributed by atoms with E-state index in [4.69, 9.17) is 29.2 Å². The van der Waals surface area contributed by atoms with Gasteiger partial charge in [-0.05, 0) is 37.9 Å². The first kappa shape index (κ1) is 29.0. The van der Waals surface area contributed by atoms with Crippen LogP contribution in [-0.4, -0.2) is 84.3 Å². The number of fused-ring (bicyclic) bond motifs is 2. The third kappa shape index (κ3) is 5.71. The zero-order chi connectivity index (χ0) is 31.1. The molecule has 0 bridgehead atoms. The Labute approximate surface area is 266 Å². The normalized spacial score (nSPS) is 25.3. The Morgan fingerprint density at radius 3 is 2.37 bits per heavy atom. The van der Waals surface area contributed by atoms with Crippen molar-refractivity contribution in [2.45, 2.75) is 69.1 Å². The lowest BCUT2D eigenvalue weighted by atomic mass is 9.91. The molecule has 0 aliphatic carbocycles. The topological polar surface area (TPSA) is 138 Å². The van der Waals surface area contributed by atoms with Gasteiger partial charge in [0, 0.05) is 25.0 Å². The highest BCUT2D eigenvalue weighted by Gasteiger charge is 2.56. The van der Waals surface area contributed by atoms with E-state index in [1.807, 2.05) is 30.5 Å². The Morgan fingerprint density at radius 2 is 1.67 bits per heavy atom. The maximum Gasteiger partial charge on any atom is 0.227 e. The predicted octanol–water partition coefficient (Wildman–Crippen LogP) is 3.55. The molecule has 238 valence electrons. The van der Waals surface area contributed by atoms with Crippen molar-refractivity contribution < 1.29 is 14.2 Å². The van der Waals surface area contributed by atoms with Crippen LogP contribution >= 0.6 is 0 Å². The van der Waals surface area contributed by atoms with Gasteiger partial charge in [-0.25, -0.2) is 4.98 Å². The van der Waals surface area contributed by atoms with Crippen LogP contribution < -0.4 is 16.0 Å². The van der Waals surface area contributed by atoms with Gasteiger partial charge in [0.2, 0.25) is 5.95 Å². The second-order valence-corrected chi connectivity index (χ2v) is 12.5. The summed E-state index contributed by atoms with van der Waals surface area (Å²) < 4.78 is 21.4. The summed E-state index contributed by atoms with van der Waals surface area (Å²) >= 11 is 0. The molecule has 3 N–H and O–H groups in total. The van der Waals surface area contributed by atoms with Crippen molar-refractivity contribution in [3.8, 4) is 0 Å². The molecule has 3 fully saturated rings. The van der Waals surface area contributed by atoms with Crippen molar-refractivity contribution in [1.82, 2.24) is 39.8 Å². The maximum absolute atomic E-state index is 6.64. The summed E-state index contributed by atoms with van der Waals surface area (Å²) in [5, 5.41) is 19.2. The minimum atomic E-state index is -0.767. The van der Waals surface area contributed by atoms with Gasteiger partial charge in [0.1, 0.15) is 18.3 Å². The van der Waals surface area contributed by atoms with Crippen LogP contribution in [0.5, 0.6) is 0 Å². The number of imidazole rings is 1. The van der Waals surface area contributed by atoms with Crippen molar-refractivity contribution in [1.29, 1.82) is 0 Å². The molecule has 13 nitrogen and oxygen atoms in total. The molecule has 3 aliphatic heterocycles. The molecular formula is C33H38N10O3. The highest BCUT2D eigenvalue weighted by atomic mass is 16.8. The van der Waals surface area contributed by atoms with Gasteiger partial charge in [0.05, 0.1) is 25.3 Å². The van der Waals surface area contributed by atoms with Crippen LogP contribution in [0.4, 0.5) is 11.8 Å². The van der Waals surface area contributed by atoms with Crippen molar-refractivity contribution in [3.63, 3.8) is 0 Å². The highest BCUT2D eigenvalue weighted by Crippen LogP contribution is 2.44. The Morgan fingerprint density at radius 1 is 0.957 bits per heavy atom. The first-order valence-electron chi connectivity index (χ1n) is 15.9. The monoisotopic (exact) mass is 622 g/mol. The van der Waals surface area contributed by atoms with Gasteiger partial charge in [0.25, 0.3) is 0 Å². The average Bonchev–Trinajstić information content (AvgIpc) is 3.90. The molecule has 0 saturated carbocycles. The van der Waals surface area contributed by atoms with Gasteiger partial charge in [0.15, 0.2) is 29.0 Å². The summed E-state index contributed by atoms with van der Waals surface area (Å²) in [6, 6.07) is 21.3. The molecule has 3 aliphatic rings. The Balaban J connectivity index is 1.15. The summed E-state index contributed by atoms with van der Waals surface area (Å²) in [6.45, 7) is 6.71. The van der Waals surface area contributed by atoms with E-state index < -0.39 is 12.0 Å². The lowest BCUT2D eigenvalue weighted by molar-refractivity contribution is -0.198. The van der Waals surface area contributed by atoms with Crippen LogP contribution in [0.3, 0.4) is 0 Å². The standard InChI is InChI=1S/C33H38N10O3/c1-33(2)45-27-25(19-43-37-15-16-38-43)44-31(28(27)46-33)42-20-36-26-29(40-32(41-30(26)42)39-23-13-14-34-17-23)35-18-24(21-9-5-3-6-10-21)22-11-7-4-8-12-22/h3-12,15-16,20,23-25,27-28,31,34H,13-14,17-19H2,1-2H3,(H2,35,39,40,41)/t23?,25-,27-,28?,31-/m1/s1. The summed E-state index contributed by atoms with van der Waals surface area (Å²) in [4.78, 5) is 16.4. The number of hydrogen-bond donors (Lipinski definition) is 3. The van der Waals surface area contributed by atoms with E-state index in [9.17, 15) is 0 Å². The number of nitrogens with one attached hydrogen (secondary N) is 3. The van der Waals surface area contributed by atoms with Crippen LogP contribution in [0.2, 0.25) is 0 Å². The maximum atomic E-state index is 6.64. The Kier molecular flexibility index (Phi) is 7.61. The number of nitrogens with zero attached hydrogens (tertiary/aromatic N) is 7. The molecule has 3 aromatic heterocycles. The van der Waals surface area contributed by atoms with Crippen molar-refractivity contribution in [3.05, 3.63) is 90.5 Å². The third-order valence-corrected chi connectivity index (χ3v) is 8.90. The molecule has 6 heterocycles. The molecule has 2 unspecified atom stereocenters. The van der Waals surface area contributed by atoms with Crippen LogP contribution in [0.15, 0.2) is 79.4 Å². The molecule has 0 spiro atoms. The average molecular weight is 623 g/mol. The number of anilines is 2. The van der Waals surface area contributed by atoms with Crippen LogP contribution in [0.25, 0.3) is 11.2 Å². The van der Waals surface area contributed by atoms with Gasteiger partial charge in [-0.15, -0.1) is 0 Å². The van der Waals surface area contributed by atoms with Gasteiger partial charge < -0.3 is 30.2 Å². The SMILES string of the molecule is CC1(C)OC2[C@H](n3cnc4c(NCC(c5ccccc5)c5ccccc5)nc(NC5CCNC5)nc43)O[C@H](Cn3nccn3)[C@H]2O1. The van der Waals surface area contributed by atoms with E-state index in [-0.39, 0.29) is 30.3 Å². The van der Waals surface area contributed by atoms with Crippen LogP contribution in [-0.2, 0) is 20.8 Å². The summed E-state index contributed by atoms with van der Waals surface area (Å²) in [6.07, 6.45) is 4.52. The predicted molar refractivity (Wildman–Crippen MR) is 171 cm³/mol. The number of aromatic nitrogens is 7. The molecule has 2 aromatic carbocycles. The van der Waals surface area contributed by atoms with Crippen molar-refractivity contribution in [2.24, 2.45) is 0 Å². The van der Waals surface area contributed by atoms with E-state index in [1.54, 1.807) is 23.5 Å². The van der Waals surface area contributed by atoms with Gasteiger partial charge in [-0.3, -0.25) is 4.57 Å². The molecule has 0 amide bonds. The molecule has 3 saturated heterocycles. The lowest BCUT2D eigenvalue weighted by Gasteiger charge is -2.24. The highest BCUT2D eigenvalue weighted by molar-refractivity contribution is 5.84. The largest absolute Gasteiger partial charge is 0.367 e. The Bertz CT molecular complexity index is 1720. The molecule has 5 atom stereocenters. The molecule has 8 rings (SSSR count). The minimum absolute atomic E-state index is 0.104. The first-order valence-corrected chi connectivity index (χ1v) is 15.9. The van der Waals surface area contributed by atoms with E-state index in [0.717, 1.165) is 19.5 Å². The fraction of sp³-hybridized carbons (Fsp3) is 0.424. The van der Waals surface area contributed by atoms with Gasteiger partial charge >= 0.3 is 0 Å². The fourth-order valence-electron chi connectivity index (χ4n) is 6.78. The molecule has 0 radical (unpaired) electrons. The van der Waals surface area contributed by atoms with Crippen molar-refractivity contribution in [2.75, 3.05) is 30.3 Å². The number of hydrogen-bond acceptors (Lipinski definition) is 11. The number of ether oxygens (including phenoxy) is 3. The Hall–Kier alpha value is -4.43. The fourth-order valence-corrected chi connectivity index (χ4v) is 6.78. The van der Waals surface area contributed by atoms with E-state index >= 15 is 0 Å². The lowest BCUT2D eigenvalue weighted by Crippen LogP contribution is -2.33. The number of rotatable bonds is 10. The summed E-state index contributed by atoms with van der Waals surface area (Å²) in [7, 11) is 0. The summed E-state index contributed by atoms with van der Waals surface area (Å²) in [5.74, 6) is 0.533. The van der Waals surface area contributed by atoms with Crippen molar-refractivity contribution >= 4 is 22.9 Å². The first-order chi connectivity index (χ1) is 22.5.